The Bertz CT molecular complexity index is 553. The molecule has 1 aliphatic rings. The Morgan fingerprint density at radius 2 is 2.00 bits per heavy atom. The lowest BCUT2D eigenvalue weighted by atomic mass is 9.99. The normalized spacial score (nSPS) is 18.3. The van der Waals surface area contributed by atoms with E-state index in [1.807, 2.05) is 36.4 Å². The van der Waals surface area contributed by atoms with Gasteiger partial charge in [0, 0.05) is 6.54 Å². The van der Waals surface area contributed by atoms with Gasteiger partial charge >= 0.3 is 0 Å². The van der Waals surface area contributed by atoms with Gasteiger partial charge in [-0.05, 0) is 24.0 Å². The molecule has 0 unspecified atom stereocenters. The number of benzene rings is 1. The van der Waals surface area contributed by atoms with Gasteiger partial charge in [0.25, 0.3) is 5.91 Å². The first-order valence-corrected chi connectivity index (χ1v) is 9.18. The highest BCUT2D eigenvalue weighted by molar-refractivity contribution is 8.26. The summed E-state index contributed by atoms with van der Waals surface area (Å²) in [5.74, 6) is 0.604. The molecule has 1 aromatic rings. The van der Waals surface area contributed by atoms with Gasteiger partial charge in [-0.25, -0.2) is 0 Å². The standard InChI is InChI=1S/C18H23NOS2/c1-3-5-9-14(4-2)13-19-17(20)16(22-18(19)21)12-15-10-7-6-8-11-15/h6-8,10-12,14H,3-5,9,13H2,1-2H3/b16-12-/t14-/m1/s1. The topological polar surface area (TPSA) is 20.3 Å². The summed E-state index contributed by atoms with van der Waals surface area (Å²) < 4.78 is 0.696. The van der Waals surface area contributed by atoms with E-state index in [1.165, 1.54) is 31.0 Å². The van der Waals surface area contributed by atoms with E-state index in [9.17, 15) is 4.79 Å². The molecule has 0 N–H and O–H groups in total. The number of unbranched alkanes of at least 4 members (excludes halogenated alkanes) is 1. The maximum Gasteiger partial charge on any atom is 0.266 e. The van der Waals surface area contributed by atoms with E-state index in [2.05, 4.69) is 13.8 Å². The van der Waals surface area contributed by atoms with Crippen molar-refractivity contribution >= 4 is 40.3 Å². The van der Waals surface area contributed by atoms with Gasteiger partial charge in [-0.1, -0.05) is 87.4 Å². The zero-order valence-electron chi connectivity index (χ0n) is 13.2. The number of carbonyl (C=O) groups excluding carboxylic acids is 1. The molecule has 1 atom stereocenters. The molecule has 1 amide bonds. The van der Waals surface area contributed by atoms with E-state index < -0.39 is 0 Å². The lowest BCUT2D eigenvalue weighted by molar-refractivity contribution is -0.122. The Kier molecular flexibility index (Phi) is 6.65. The lowest BCUT2D eigenvalue weighted by Gasteiger charge is -2.21. The lowest BCUT2D eigenvalue weighted by Crippen LogP contribution is -2.33. The van der Waals surface area contributed by atoms with Crippen LogP contribution in [0.15, 0.2) is 35.2 Å². The van der Waals surface area contributed by atoms with Crippen LogP contribution >= 0.6 is 24.0 Å². The molecule has 1 fully saturated rings. The third-order valence-electron chi connectivity index (χ3n) is 3.95. The average molecular weight is 334 g/mol. The van der Waals surface area contributed by atoms with Crippen molar-refractivity contribution in [3.05, 3.63) is 40.8 Å². The zero-order chi connectivity index (χ0) is 15.9. The summed E-state index contributed by atoms with van der Waals surface area (Å²) in [6.07, 6.45) is 6.61. The Morgan fingerprint density at radius 3 is 2.64 bits per heavy atom. The van der Waals surface area contributed by atoms with Crippen LogP contribution in [0, 0.1) is 5.92 Å². The molecule has 22 heavy (non-hydrogen) atoms. The fourth-order valence-electron chi connectivity index (χ4n) is 2.53. The summed E-state index contributed by atoms with van der Waals surface area (Å²) >= 11 is 6.84. The minimum Gasteiger partial charge on any atom is -0.293 e. The predicted octanol–water partition coefficient (Wildman–Crippen LogP) is 5.10. The van der Waals surface area contributed by atoms with Crippen LogP contribution in [0.4, 0.5) is 0 Å². The van der Waals surface area contributed by atoms with Crippen LogP contribution < -0.4 is 0 Å². The molecule has 0 saturated carbocycles. The second kappa shape index (κ2) is 8.49. The summed E-state index contributed by atoms with van der Waals surface area (Å²) in [6.45, 7) is 5.15. The summed E-state index contributed by atoms with van der Waals surface area (Å²) in [6, 6.07) is 9.93. The van der Waals surface area contributed by atoms with E-state index in [1.54, 1.807) is 4.90 Å². The molecular formula is C18H23NOS2. The van der Waals surface area contributed by atoms with E-state index in [-0.39, 0.29) is 5.91 Å². The van der Waals surface area contributed by atoms with Crippen molar-refractivity contribution in [2.75, 3.05) is 6.54 Å². The van der Waals surface area contributed by atoms with Gasteiger partial charge in [0.15, 0.2) is 0 Å². The Morgan fingerprint density at radius 1 is 1.27 bits per heavy atom. The smallest absolute Gasteiger partial charge is 0.266 e. The van der Waals surface area contributed by atoms with Crippen LogP contribution in [-0.4, -0.2) is 21.7 Å². The molecule has 2 nitrogen and oxygen atoms in total. The van der Waals surface area contributed by atoms with Gasteiger partial charge in [0.2, 0.25) is 0 Å². The number of thioether (sulfide) groups is 1. The van der Waals surface area contributed by atoms with Crippen LogP contribution in [0.2, 0.25) is 0 Å². The summed E-state index contributed by atoms with van der Waals surface area (Å²) in [4.78, 5) is 15.1. The van der Waals surface area contributed by atoms with E-state index in [0.29, 0.717) is 10.2 Å². The monoisotopic (exact) mass is 333 g/mol. The van der Waals surface area contributed by atoms with Crippen molar-refractivity contribution in [2.45, 2.75) is 39.5 Å². The van der Waals surface area contributed by atoms with E-state index in [0.717, 1.165) is 23.4 Å². The first-order chi connectivity index (χ1) is 10.7. The second-order valence-corrected chi connectivity index (χ2v) is 7.30. The zero-order valence-corrected chi connectivity index (χ0v) is 14.9. The van der Waals surface area contributed by atoms with E-state index >= 15 is 0 Å². The largest absolute Gasteiger partial charge is 0.293 e. The second-order valence-electron chi connectivity index (χ2n) is 5.62. The average Bonchev–Trinajstić information content (AvgIpc) is 2.79. The maximum absolute atomic E-state index is 12.6. The van der Waals surface area contributed by atoms with E-state index in [4.69, 9.17) is 12.2 Å². The maximum atomic E-state index is 12.6. The molecule has 4 heteroatoms. The Balaban J connectivity index is 2.07. The molecule has 1 aromatic carbocycles. The first-order valence-electron chi connectivity index (χ1n) is 7.96. The number of hydrogen-bond acceptors (Lipinski definition) is 3. The fraction of sp³-hybridized carbons (Fsp3) is 0.444. The van der Waals surface area contributed by atoms with Crippen LogP contribution in [0.25, 0.3) is 6.08 Å². The van der Waals surface area contributed by atoms with Crippen molar-refractivity contribution < 1.29 is 4.79 Å². The van der Waals surface area contributed by atoms with Crippen LogP contribution in [0.1, 0.15) is 45.1 Å². The van der Waals surface area contributed by atoms with Crippen molar-refractivity contribution in [3.8, 4) is 0 Å². The first kappa shape index (κ1) is 17.2. The molecule has 0 radical (unpaired) electrons. The predicted molar refractivity (Wildman–Crippen MR) is 99.6 cm³/mol. The van der Waals surface area contributed by atoms with Crippen molar-refractivity contribution in [2.24, 2.45) is 5.92 Å². The minimum atomic E-state index is 0.0637. The third-order valence-corrected chi connectivity index (χ3v) is 5.33. The highest BCUT2D eigenvalue weighted by Gasteiger charge is 2.33. The number of amides is 1. The molecule has 1 saturated heterocycles. The molecule has 118 valence electrons. The Labute approximate surface area is 143 Å². The van der Waals surface area contributed by atoms with Crippen LogP contribution in [-0.2, 0) is 4.79 Å². The van der Waals surface area contributed by atoms with Crippen molar-refractivity contribution in [1.29, 1.82) is 0 Å². The SMILES string of the molecule is CCCC[C@@H](CC)CN1C(=O)/C(=C/c2ccccc2)SC1=S. The highest BCUT2D eigenvalue weighted by Crippen LogP contribution is 2.33. The van der Waals surface area contributed by atoms with Gasteiger partial charge in [0.1, 0.15) is 4.32 Å². The van der Waals surface area contributed by atoms with Gasteiger partial charge in [-0.2, -0.15) is 0 Å². The Hall–Kier alpha value is -1.13. The van der Waals surface area contributed by atoms with Crippen LogP contribution in [0.3, 0.4) is 0 Å². The molecular weight excluding hydrogens is 310 g/mol. The van der Waals surface area contributed by atoms with Gasteiger partial charge < -0.3 is 0 Å². The molecule has 1 aliphatic heterocycles. The minimum absolute atomic E-state index is 0.0637. The highest BCUT2D eigenvalue weighted by atomic mass is 32.2. The summed E-state index contributed by atoms with van der Waals surface area (Å²) in [7, 11) is 0. The van der Waals surface area contributed by atoms with Crippen molar-refractivity contribution in [3.63, 3.8) is 0 Å². The number of thiocarbonyl (C=S) groups is 1. The molecule has 0 aliphatic carbocycles. The molecule has 0 spiro atoms. The third kappa shape index (κ3) is 4.43. The molecule has 2 rings (SSSR count). The molecule has 1 heterocycles. The molecule has 0 aromatic heterocycles. The quantitative estimate of drug-likeness (QED) is 0.511. The van der Waals surface area contributed by atoms with Crippen molar-refractivity contribution in [1.82, 2.24) is 4.90 Å². The number of rotatable bonds is 7. The van der Waals surface area contributed by atoms with Gasteiger partial charge in [-0.15, -0.1) is 0 Å². The van der Waals surface area contributed by atoms with Gasteiger partial charge in [0.05, 0.1) is 4.91 Å². The summed E-state index contributed by atoms with van der Waals surface area (Å²) in [5.41, 5.74) is 1.04. The van der Waals surface area contributed by atoms with Crippen LogP contribution in [0.5, 0.6) is 0 Å². The fourth-order valence-corrected chi connectivity index (χ4v) is 3.81. The summed E-state index contributed by atoms with van der Waals surface area (Å²) in [5, 5.41) is 0. The van der Waals surface area contributed by atoms with Gasteiger partial charge in [-0.3, -0.25) is 9.69 Å². The number of nitrogens with zero attached hydrogens (tertiary/aromatic N) is 1. The number of hydrogen-bond donors (Lipinski definition) is 0. The molecule has 0 bridgehead atoms. The number of carbonyl (C=O) groups is 1.